The van der Waals surface area contributed by atoms with Crippen molar-refractivity contribution in [1.82, 2.24) is 18.6 Å². The first kappa shape index (κ1) is 17.3. The van der Waals surface area contributed by atoms with E-state index in [-0.39, 0.29) is 18.0 Å². The number of benzene rings is 1. The molecule has 0 aliphatic carbocycles. The molecule has 4 rings (SSSR count). The van der Waals surface area contributed by atoms with E-state index in [1.807, 2.05) is 23.1 Å². The number of aromatic nitrogens is 3. The third-order valence-electron chi connectivity index (χ3n) is 5.48. The lowest BCUT2D eigenvalue weighted by molar-refractivity contribution is -0.130. The average molecular weight is 366 g/mol. The largest absolute Gasteiger partial charge is 0.341 e. The van der Waals surface area contributed by atoms with Gasteiger partial charge in [-0.15, -0.1) is 0 Å². The van der Waals surface area contributed by atoms with Gasteiger partial charge in [0, 0.05) is 39.3 Å². The van der Waals surface area contributed by atoms with Crippen LogP contribution in [0.2, 0.25) is 0 Å². The molecule has 0 saturated carbocycles. The molecular weight excluding hydrogens is 344 g/mol. The van der Waals surface area contributed by atoms with Crippen LogP contribution in [0.4, 0.5) is 0 Å². The van der Waals surface area contributed by atoms with Crippen molar-refractivity contribution in [3.63, 3.8) is 0 Å². The highest BCUT2D eigenvalue weighted by Gasteiger charge is 2.27. The number of amides is 1. The van der Waals surface area contributed by atoms with Gasteiger partial charge in [-0.1, -0.05) is 30.3 Å². The van der Waals surface area contributed by atoms with Crippen molar-refractivity contribution in [2.24, 2.45) is 14.1 Å². The van der Waals surface area contributed by atoms with Crippen molar-refractivity contribution in [2.45, 2.75) is 18.9 Å². The normalized spacial score (nSPS) is 17.0. The molecule has 1 amide bonds. The molecule has 3 aromatic rings. The molecule has 1 aliphatic heterocycles. The SMILES string of the molecule is Cn1c(=O)c2ccn(CC(=O)N3CC[C@@H](c4ccccc4)C3)c2n(C)c1=O. The summed E-state index contributed by atoms with van der Waals surface area (Å²) in [5.41, 5.74) is 0.996. The summed E-state index contributed by atoms with van der Waals surface area (Å²) in [6, 6.07) is 11.9. The zero-order valence-corrected chi connectivity index (χ0v) is 15.5. The highest BCUT2D eigenvalue weighted by atomic mass is 16.2. The standard InChI is InChI=1S/C20H22N4O3/c1-21-18-16(19(26)22(2)20(21)27)9-11-24(18)13-17(25)23-10-8-15(12-23)14-6-4-3-5-7-14/h3-7,9,11,15H,8,10,12-13H2,1-2H3/t15-/m1/s1. The number of hydrogen-bond acceptors (Lipinski definition) is 3. The van der Waals surface area contributed by atoms with Gasteiger partial charge in [-0.05, 0) is 18.1 Å². The lowest BCUT2D eigenvalue weighted by atomic mass is 9.99. The minimum atomic E-state index is -0.398. The predicted octanol–water partition coefficient (Wildman–Crippen LogP) is 1.05. The number of carbonyl (C=O) groups excluding carboxylic acids is 1. The first-order valence-corrected chi connectivity index (χ1v) is 9.05. The van der Waals surface area contributed by atoms with Crippen LogP contribution in [0.15, 0.2) is 52.2 Å². The van der Waals surface area contributed by atoms with Gasteiger partial charge < -0.3 is 9.47 Å². The van der Waals surface area contributed by atoms with Crippen LogP contribution in [0.5, 0.6) is 0 Å². The fraction of sp³-hybridized carbons (Fsp3) is 0.350. The first-order chi connectivity index (χ1) is 13.0. The van der Waals surface area contributed by atoms with Crippen molar-refractivity contribution >= 4 is 16.9 Å². The van der Waals surface area contributed by atoms with E-state index >= 15 is 0 Å². The maximum Gasteiger partial charge on any atom is 0.332 e. The summed E-state index contributed by atoms with van der Waals surface area (Å²) in [5, 5.41) is 0.441. The molecule has 1 fully saturated rings. The number of likely N-dealkylation sites (tertiary alicyclic amines) is 1. The first-order valence-electron chi connectivity index (χ1n) is 9.05. The van der Waals surface area contributed by atoms with Crippen LogP contribution in [0.25, 0.3) is 11.0 Å². The second-order valence-corrected chi connectivity index (χ2v) is 7.12. The maximum atomic E-state index is 12.8. The molecule has 3 heterocycles. The van der Waals surface area contributed by atoms with Gasteiger partial charge in [0.2, 0.25) is 5.91 Å². The van der Waals surface area contributed by atoms with Crippen molar-refractivity contribution < 1.29 is 4.79 Å². The Hall–Kier alpha value is -3.09. The topological polar surface area (TPSA) is 69.2 Å². The highest BCUT2D eigenvalue weighted by molar-refractivity contribution is 5.81. The van der Waals surface area contributed by atoms with Gasteiger partial charge in [0.1, 0.15) is 12.2 Å². The Kier molecular flexibility index (Phi) is 4.22. The van der Waals surface area contributed by atoms with Crippen LogP contribution in [-0.4, -0.2) is 37.6 Å². The fourth-order valence-electron chi connectivity index (χ4n) is 3.95. The van der Waals surface area contributed by atoms with Crippen molar-refractivity contribution in [2.75, 3.05) is 13.1 Å². The summed E-state index contributed by atoms with van der Waals surface area (Å²) in [5.74, 6) is 0.354. The molecular formula is C20H22N4O3. The summed E-state index contributed by atoms with van der Waals surface area (Å²) in [6.45, 7) is 1.53. The lowest BCUT2D eigenvalue weighted by Crippen LogP contribution is -2.38. The summed E-state index contributed by atoms with van der Waals surface area (Å²) in [7, 11) is 3.08. The molecule has 0 spiro atoms. The Morgan fingerprint density at radius 2 is 1.81 bits per heavy atom. The van der Waals surface area contributed by atoms with Crippen molar-refractivity contribution in [1.29, 1.82) is 0 Å². The van der Waals surface area contributed by atoms with Crippen molar-refractivity contribution in [3.05, 3.63) is 69.0 Å². The minimum absolute atomic E-state index is 0.000873. The number of hydrogen-bond donors (Lipinski definition) is 0. The molecule has 0 N–H and O–H groups in total. The Morgan fingerprint density at radius 1 is 1.07 bits per heavy atom. The third-order valence-corrected chi connectivity index (χ3v) is 5.48. The molecule has 0 radical (unpaired) electrons. The van der Waals surface area contributed by atoms with Crippen LogP contribution in [0.3, 0.4) is 0 Å². The van der Waals surface area contributed by atoms with Crippen LogP contribution in [-0.2, 0) is 25.4 Å². The van der Waals surface area contributed by atoms with E-state index in [0.29, 0.717) is 23.5 Å². The van der Waals surface area contributed by atoms with Gasteiger partial charge in [-0.2, -0.15) is 0 Å². The quantitative estimate of drug-likeness (QED) is 0.696. The second kappa shape index (κ2) is 6.57. The van der Waals surface area contributed by atoms with Crippen molar-refractivity contribution in [3.8, 4) is 0 Å². The number of nitrogens with zero attached hydrogens (tertiary/aromatic N) is 4. The average Bonchev–Trinajstić information content (AvgIpc) is 3.33. The summed E-state index contributed by atoms with van der Waals surface area (Å²) < 4.78 is 4.19. The molecule has 1 atom stereocenters. The number of rotatable bonds is 3. The summed E-state index contributed by atoms with van der Waals surface area (Å²) in [4.78, 5) is 39.2. The van der Waals surface area contributed by atoms with E-state index in [1.165, 1.54) is 17.2 Å². The summed E-state index contributed by atoms with van der Waals surface area (Å²) >= 11 is 0. The minimum Gasteiger partial charge on any atom is -0.341 e. The molecule has 0 bridgehead atoms. The second-order valence-electron chi connectivity index (χ2n) is 7.12. The molecule has 0 unspecified atom stereocenters. The van der Waals surface area contributed by atoms with Gasteiger partial charge >= 0.3 is 5.69 Å². The lowest BCUT2D eigenvalue weighted by Gasteiger charge is -2.18. The van der Waals surface area contributed by atoms with Gasteiger partial charge in [0.15, 0.2) is 0 Å². The van der Waals surface area contributed by atoms with Crippen LogP contribution >= 0.6 is 0 Å². The monoisotopic (exact) mass is 366 g/mol. The molecule has 1 saturated heterocycles. The molecule has 140 valence electrons. The molecule has 1 aromatic carbocycles. The molecule has 7 nitrogen and oxygen atoms in total. The van der Waals surface area contributed by atoms with Gasteiger partial charge in [-0.25, -0.2) is 4.79 Å². The number of fused-ring (bicyclic) bond motifs is 1. The Bertz CT molecular complexity index is 1120. The fourth-order valence-corrected chi connectivity index (χ4v) is 3.95. The Morgan fingerprint density at radius 3 is 2.56 bits per heavy atom. The van der Waals surface area contributed by atoms with E-state index in [0.717, 1.165) is 17.5 Å². The van der Waals surface area contributed by atoms with E-state index < -0.39 is 5.69 Å². The number of aryl methyl sites for hydroxylation is 1. The van der Waals surface area contributed by atoms with Crippen LogP contribution in [0, 0.1) is 0 Å². The Labute approximate surface area is 156 Å². The van der Waals surface area contributed by atoms with E-state index in [9.17, 15) is 14.4 Å². The van der Waals surface area contributed by atoms with Gasteiger partial charge in [-0.3, -0.25) is 18.7 Å². The molecule has 1 aliphatic rings. The maximum absolute atomic E-state index is 12.8. The Balaban J connectivity index is 1.58. The molecule has 27 heavy (non-hydrogen) atoms. The highest BCUT2D eigenvalue weighted by Crippen LogP contribution is 2.27. The molecule has 7 heteroatoms. The smallest absolute Gasteiger partial charge is 0.332 e. The summed E-state index contributed by atoms with van der Waals surface area (Å²) in [6.07, 6.45) is 2.65. The van der Waals surface area contributed by atoms with E-state index in [2.05, 4.69) is 12.1 Å². The predicted molar refractivity (Wildman–Crippen MR) is 103 cm³/mol. The van der Waals surface area contributed by atoms with E-state index in [4.69, 9.17) is 0 Å². The third kappa shape index (κ3) is 2.89. The van der Waals surface area contributed by atoms with Gasteiger partial charge in [0.05, 0.1) is 5.39 Å². The zero-order chi connectivity index (χ0) is 19.1. The number of carbonyl (C=O) groups is 1. The zero-order valence-electron chi connectivity index (χ0n) is 15.5. The van der Waals surface area contributed by atoms with Gasteiger partial charge in [0.25, 0.3) is 5.56 Å². The van der Waals surface area contributed by atoms with Crippen LogP contribution < -0.4 is 11.2 Å². The van der Waals surface area contributed by atoms with E-state index in [1.54, 1.807) is 23.9 Å². The van der Waals surface area contributed by atoms with Crippen LogP contribution in [0.1, 0.15) is 17.9 Å². The molecule has 2 aromatic heterocycles.